The van der Waals surface area contributed by atoms with Crippen molar-refractivity contribution < 1.29 is 19.1 Å². The summed E-state index contributed by atoms with van der Waals surface area (Å²) in [7, 11) is 0. The standard InChI is InChI=1S/C19H26N2O4/c1-4-20-13(2)10-16(14(20)3)19(23)21-7-9-24-12-15(21)11-17(22)18-6-5-8-25-18/h5-6,8,10,15,17,22H,4,7,9,11-12H2,1-3H3. The van der Waals surface area contributed by atoms with Gasteiger partial charge >= 0.3 is 0 Å². The van der Waals surface area contributed by atoms with Gasteiger partial charge in [0.05, 0.1) is 31.1 Å². The summed E-state index contributed by atoms with van der Waals surface area (Å²) in [5.74, 6) is 0.523. The van der Waals surface area contributed by atoms with Crippen LogP contribution in [0.3, 0.4) is 0 Å². The summed E-state index contributed by atoms with van der Waals surface area (Å²) in [5.41, 5.74) is 2.81. The summed E-state index contributed by atoms with van der Waals surface area (Å²) < 4.78 is 13.0. The smallest absolute Gasteiger partial charge is 0.256 e. The van der Waals surface area contributed by atoms with E-state index in [4.69, 9.17) is 9.15 Å². The number of carbonyl (C=O) groups excluding carboxylic acids is 1. The van der Waals surface area contributed by atoms with Gasteiger partial charge in [0.25, 0.3) is 5.91 Å². The van der Waals surface area contributed by atoms with Gasteiger partial charge in [-0.1, -0.05) is 0 Å². The normalized spacial score (nSPS) is 19.2. The molecule has 1 saturated heterocycles. The first-order valence-electron chi connectivity index (χ1n) is 8.79. The zero-order chi connectivity index (χ0) is 18.0. The first kappa shape index (κ1) is 17.8. The lowest BCUT2D eigenvalue weighted by molar-refractivity contribution is -0.0196. The van der Waals surface area contributed by atoms with Crippen LogP contribution in [-0.2, 0) is 11.3 Å². The number of carbonyl (C=O) groups is 1. The Kier molecular flexibility index (Phi) is 5.30. The number of aryl methyl sites for hydroxylation is 1. The fourth-order valence-electron chi connectivity index (χ4n) is 3.63. The minimum atomic E-state index is -0.750. The zero-order valence-corrected chi connectivity index (χ0v) is 15.1. The fraction of sp³-hybridized carbons (Fsp3) is 0.526. The number of hydrogen-bond donors (Lipinski definition) is 1. The molecule has 25 heavy (non-hydrogen) atoms. The Labute approximate surface area is 148 Å². The molecule has 2 unspecified atom stereocenters. The molecule has 0 radical (unpaired) electrons. The van der Waals surface area contributed by atoms with E-state index in [0.717, 1.165) is 23.5 Å². The van der Waals surface area contributed by atoms with Crippen molar-refractivity contribution >= 4 is 5.91 Å². The van der Waals surface area contributed by atoms with Crippen molar-refractivity contribution in [1.29, 1.82) is 0 Å². The Bertz CT molecular complexity index is 720. The molecule has 0 aliphatic carbocycles. The number of furan rings is 1. The van der Waals surface area contributed by atoms with Crippen LogP contribution in [0.2, 0.25) is 0 Å². The Hall–Kier alpha value is -2.05. The van der Waals surface area contributed by atoms with Gasteiger partial charge in [-0.3, -0.25) is 4.79 Å². The third-order valence-corrected chi connectivity index (χ3v) is 4.98. The maximum atomic E-state index is 13.1. The zero-order valence-electron chi connectivity index (χ0n) is 15.1. The highest BCUT2D eigenvalue weighted by Gasteiger charge is 2.32. The number of aromatic nitrogens is 1. The van der Waals surface area contributed by atoms with Gasteiger partial charge in [-0.25, -0.2) is 0 Å². The van der Waals surface area contributed by atoms with Gasteiger partial charge in [0.2, 0.25) is 0 Å². The molecule has 6 heteroatoms. The third-order valence-electron chi connectivity index (χ3n) is 4.98. The molecule has 0 spiro atoms. The van der Waals surface area contributed by atoms with E-state index >= 15 is 0 Å². The Morgan fingerprint density at radius 3 is 2.88 bits per heavy atom. The van der Waals surface area contributed by atoms with Crippen LogP contribution in [0.25, 0.3) is 0 Å². The van der Waals surface area contributed by atoms with Crippen molar-refractivity contribution in [2.24, 2.45) is 0 Å². The van der Waals surface area contributed by atoms with Gasteiger partial charge in [0.1, 0.15) is 11.9 Å². The first-order valence-corrected chi connectivity index (χ1v) is 8.79. The maximum absolute atomic E-state index is 13.1. The summed E-state index contributed by atoms with van der Waals surface area (Å²) in [6.45, 7) is 8.40. The highest BCUT2D eigenvalue weighted by molar-refractivity contribution is 5.96. The number of morpholine rings is 1. The minimum Gasteiger partial charge on any atom is -0.467 e. The van der Waals surface area contributed by atoms with Crippen LogP contribution < -0.4 is 0 Å². The first-order chi connectivity index (χ1) is 12.0. The number of aliphatic hydroxyl groups is 1. The molecule has 2 aromatic rings. The van der Waals surface area contributed by atoms with Crippen LogP contribution in [0, 0.1) is 13.8 Å². The van der Waals surface area contributed by atoms with E-state index in [1.165, 1.54) is 0 Å². The molecule has 6 nitrogen and oxygen atoms in total. The molecule has 0 saturated carbocycles. The number of rotatable bonds is 5. The highest BCUT2D eigenvalue weighted by atomic mass is 16.5. The number of amides is 1. The second kappa shape index (κ2) is 7.45. The summed E-state index contributed by atoms with van der Waals surface area (Å²) in [4.78, 5) is 15.0. The molecule has 3 rings (SSSR count). The quantitative estimate of drug-likeness (QED) is 0.904. The van der Waals surface area contributed by atoms with Gasteiger partial charge in [-0.15, -0.1) is 0 Å². The molecule has 2 aromatic heterocycles. The van der Waals surface area contributed by atoms with Gasteiger partial charge in [-0.05, 0) is 39.0 Å². The lowest BCUT2D eigenvalue weighted by atomic mass is 10.0. The molecular weight excluding hydrogens is 320 g/mol. The Balaban J connectivity index is 1.79. The topological polar surface area (TPSA) is 67.8 Å². The lowest BCUT2D eigenvalue weighted by Crippen LogP contribution is -2.49. The molecule has 1 fully saturated rings. The molecule has 1 N–H and O–H groups in total. The van der Waals surface area contributed by atoms with Crippen molar-refractivity contribution in [3.05, 3.63) is 47.2 Å². The molecule has 1 aliphatic heterocycles. The van der Waals surface area contributed by atoms with Gasteiger partial charge < -0.3 is 23.7 Å². The van der Waals surface area contributed by atoms with E-state index in [1.54, 1.807) is 18.4 Å². The van der Waals surface area contributed by atoms with E-state index in [2.05, 4.69) is 11.5 Å². The van der Waals surface area contributed by atoms with Crippen molar-refractivity contribution in [3.8, 4) is 0 Å². The number of hydrogen-bond acceptors (Lipinski definition) is 4. The van der Waals surface area contributed by atoms with Crippen molar-refractivity contribution in [3.63, 3.8) is 0 Å². The van der Waals surface area contributed by atoms with Crippen LogP contribution in [0.5, 0.6) is 0 Å². The summed E-state index contributed by atoms with van der Waals surface area (Å²) in [5, 5.41) is 10.4. The van der Waals surface area contributed by atoms with Crippen LogP contribution in [0.4, 0.5) is 0 Å². The number of ether oxygens (including phenoxy) is 1. The SMILES string of the molecule is CCn1c(C)cc(C(=O)N2CCOCC2CC(O)c2ccco2)c1C. The van der Waals surface area contributed by atoms with E-state index in [9.17, 15) is 9.90 Å². The predicted molar refractivity (Wildman–Crippen MR) is 93.5 cm³/mol. The third kappa shape index (κ3) is 3.50. The van der Waals surface area contributed by atoms with Crippen molar-refractivity contribution in [2.45, 2.75) is 45.9 Å². The molecule has 136 valence electrons. The van der Waals surface area contributed by atoms with E-state index in [1.807, 2.05) is 24.8 Å². The summed E-state index contributed by atoms with van der Waals surface area (Å²) >= 11 is 0. The van der Waals surface area contributed by atoms with Crippen LogP contribution in [-0.4, -0.2) is 46.3 Å². The maximum Gasteiger partial charge on any atom is 0.256 e. The van der Waals surface area contributed by atoms with Crippen molar-refractivity contribution in [1.82, 2.24) is 9.47 Å². The average molecular weight is 346 g/mol. The second-order valence-corrected chi connectivity index (χ2v) is 6.52. The molecule has 0 bridgehead atoms. The molecule has 0 aromatic carbocycles. The Morgan fingerprint density at radius 1 is 1.44 bits per heavy atom. The molecule has 1 aliphatic rings. The second-order valence-electron chi connectivity index (χ2n) is 6.52. The predicted octanol–water partition coefficient (Wildman–Crippen LogP) is 2.68. The largest absolute Gasteiger partial charge is 0.467 e. The monoisotopic (exact) mass is 346 g/mol. The molecule has 2 atom stereocenters. The summed E-state index contributed by atoms with van der Waals surface area (Å²) in [6, 6.07) is 5.27. The number of nitrogens with zero attached hydrogens (tertiary/aromatic N) is 2. The fourth-order valence-corrected chi connectivity index (χ4v) is 3.63. The number of aliphatic hydroxyl groups excluding tert-OH is 1. The summed E-state index contributed by atoms with van der Waals surface area (Å²) in [6.07, 6.45) is 1.18. The molecule has 3 heterocycles. The van der Waals surface area contributed by atoms with Crippen molar-refractivity contribution in [2.75, 3.05) is 19.8 Å². The molecular formula is C19H26N2O4. The van der Waals surface area contributed by atoms with Crippen LogP contribution in [0.1, 0.15) is 47.0 Å². The molecule has 1 amide bonds. The lowest BCUT2D eigenvalue weighted by Gasteiger charge is -2.36. The average Bonchev–Trinajstić information content (AvgIpc) is 3.23. The minimum absolute atomic E-state index is 0.00717. The van der Waals surface area contributed by atoms with E-state index in [-0.39, 0.29) is 11.9 Å². The Morgan fingerprint density at radius 2 is 2.24 bits per heavy atom. The highest BCUT2D eigenvalue weighted by Crippen LogP contribution is 2.25. The van der Waals surface area contributed by atoms with E-state index < -0.39 is 6.10 Å². The van der Waals surface area contributed by atoms with Gasteiger partial charge in [0, 0.05) is 30.9 Å². The van der Waals surface area contributed by atoms with Crippen LogP contribution >= 0.6 is 0 Å². The van der Waals surface area contributed by atoms with Crippen LogP contribution in [0.15, 0.2) is 28.9 Å². The van der Waals surface area contributed by atoms with E-state index in [0.29, 0.717) is 31.9 Å². The van der Waals surface area contributed by atoms with Gasteiger partial charge in [-0.2, -0.15) is 0 Å². The van der Waals surface area contributed by atoms with Gasteiger partial charge in [0.15, 0.2) is 0 Å².